The van der Waals surface area contributed by atoms with Crippen LogP contribution < -0.4 is 4.31 Å². The zero-order valence-corrected chi connectivity index (χ0v) is 17.9. The van der Waals surface area contributed by atoms with Crippen molar-refractivity contribution in [2.45, 2.75) is 13.3 Å². The molecule has 0 N–H and O–H groups in total. The van der Waals surface area contributed by atoms with Crippen molar-refractivity contribution in [3.63, 3.8) is 0 Å². The summed E-state index contributed by atoms with van der Waals surface area (Å²) in [6.07, 6.45) is 5.13. The molecule has 0 aromatic carbocycles. The fraction of sp³-hybridized carbons (Fsp3) is 0.294. The average molecular weight is 436 g/mol. The van der Waals surface area contributed by atoms with Crippen molar-refractivity contribution in [2.24, 2.45) is 5.16 Å². The number of sulfonamides is 1. The SMILES string of the molecule is CO/N=C1\CCN(S(C)(=O)=O)c2sc(-c3sc(-c4cccnc4)nc3C)nc21. The molecule has 0 atom stereocenters. The Labute approximate surface area is 170 Å². The first kappa shape index (κ1) is 19.0. The van der Waals surface area contributed by atoms with Gasteiger partial charge < -0.3 is 4.84 Å². The summed E-state index contributed by atoms with van der Waals surface area (Å²) in [6, 6.07) is 3.82. The van der Waals surface area contributed by atoms with E-state index >= 15 is 0 Å². The van der Waals surface area contributed by atoms with Crippen LogP contribution in [0.25, 0.3) is 20.5 Å². The molecule has 4 rings (SSSR count). The first-order chi connectivity index (χ1) is 13.4. The summed E-state index contributed by atoms with van der Waals surface area (Å²) in [5.41, 5.74) is 2.97. The summed E-state index contributed by atoms with van der Waals surface area (Å²) in [5, 5.41) is 6.17. The first-order valence-electron chi connectivity index (χ1n) is 8.35. The van der Waals surface area contributed by atoms with Crippen molar-refractivity contribution in [1.29, 1.82) is 0 Å². The van der Waals surface area contributed by atoms with Crippen LogP contribution in [0.4, 0.5) is 5.00 Å². The number of fused-ring (bicyclic) bond motifs is 1. The van der Waals surface area contributed by atoms with E-state index in [2.05, 4.69) is 15.1 Å². The van der Waals surface area contributed by atoms with E-state index in [1.54, 1.807) is 12.4 Å². The fourth-order valence-electron chi connectivity index (χ4n) is 2.92. The van der Waals surface area contributed by atoms with Crippen molar-refractivity contribution in [1.82, 2.24) is 15.0 Å². The molecular weight excluding hydrogens is 418 g/mol. The third-order valence-electron chi connectivity index (χ3n) is 4.16. The molecule has 8 nitrogen and oxygen atoms in total. The van der Waals surface area contributed by atoms with Gasteiger partial charge in [-0.2, -0.15) is 0 Å². The number of thiazole rings is 2. The molecule has 3 aromatic heterocycles. The van der Waals surface area contributed by atoms with E-state index in [-0.39, 0.29) is 0 Å². The largest absolute Gasteiger partial charge is 0.399 e. The minimum absolute atomic E-state index is 0.318. The number of aryl methyl sites for hydroxylation is 1. The molecule has 1 aliphatic rings. The third-order valence-corrected chi connectivity index (χ3v) is 7.88. The zero-order valence-electron chi connectivity index (χ0n) is 15.4. The topological polar surface area (TPSA) is 97.6 Å². The van der Waals surface area contributed by atoms with Gasteiger partial charge in [-0.25, -0.2) is 18.4 Å². The molecule has 0 aliphatic carbocycles. The van der Waals surface area contributed by atoms with Crippen molar-refractivity contribution >= 4 is 43.4 Å². The predicted molar refractivity (Wildman–Crippen MR) is 112 cm³/mol. The van der Waals surface area contributed by atoms with E-state index in [1.165, 1.54) is 40.3 Å². The van der Waals surface area contributed by atoms with Crippen molar-refractivity contribution in [2.75, 3.05) is 24.2 Å². The Balaban J connectivity index is 1.83. The monoisotopic (exact) mass is 435 g/mol. The molecule has 3 aromatic rings. The number of hydrogen-bond acceptors (Lipinski definition) is 9. The molecule has 28 heavy (non-hydrogen) atoms. The minimum atomic E-state index is -3.41. The fourth-order valence-corrected chi connectivity index (χ4v) is 6.45. The summed E-state index contributed by atoms with van der Waals surface area (Å²) in [5.74, 6) is 0. The molecule has 0 amide bonds. The Morgan fingerprint density at radius 3 is 2.75 bits per heavy atom. The summed E-state index contributed by atoms with van der Waals surface area (Å²) >= 11 is 2.84. The van der Waals surface area contributed by atoms with E-state index in [0.717, 1.165) is 26.1 Å². The number of aromatic nitrogens is 3. The van der Waals surface area contributed by atoms with E-state index in [4.69, 9.17) is 9.82 Å². The number of anilines is 1. The second-order valence-corrected chi connectivity index (χ2v) is 10.0. The molecule has 0 unspecified atom stereocenters. The third kappa shape index (κ3) is 3.40. The van der Waals surface area contributed by atoms with Crippen molar-refractivity contribution in [3.05, 3.63) is 35.9 Å². The number of nitrogens with zero attached hydrogens (tertiary/aromatic N) is 5. The summed E-state index contributed by atoms with van der Waals surface area (Å²) in [6.45, 7) is 2.24. The Bertz CT molecular complexity index is 1150. The van der Waals surface area contributed by atoms with Crippen LogP contribution in [0.5, 0.6) is 0 Å². The van der Waals surface area contributed by atoms with Gasteiger partial charge in [0.1, 0.15) is 33.5 Å². The van der Waals surface area contributed by atoms with Crippen LogP contribution in [0.15, 0.2) is 29.7 Å². The van der Waals surface area contributed by atoms with Gasteiger partial charge >= 0.3 is 0 Å². The van der Waals surface area contributed by atoms with Crippen molar-refractivity contribution in [3.8, 4) is 20.5 Å². The van der Waals surface area contributed by atoms with Crippen LogP contribution >= 0.6 is 22.7 Å². The van der Waals surface area contributed by atoms with Crippen LogP contribution in [0.3, 0.4) is 0 Å². The second kappa shape index (κ2) is 7.22. The molecule has 0 radical (unpaired) electrons. The number of pyridine rings is 1. The maximum Gasteiger partial charge on any atom is 0.232 e. The molecule has 4 heterocycles. The maximum absolute atomic E-state index is 12.2. The molecule has 0 fully saturated rings. The Hall–Kier alpha value is -2.37. The lowest BCUT2D eigenvalue weighted by Gasteiger charge is -2.25. The lowest BCUT2D eigenvalue weighted by molar-refractivity contribution is 0.212. The van der Waals surface area contributed by atoms with E-state index in [0.29, 0.717) is 29.4 Å². The van der Waals surface area contributed by atoms with Crippen LogP contribution in [0.1, 0.15) is 17.8 Å². The molecule has 1 aliphatic heterocycles. The molecule has 0 saturated heterocycles. The molecule has 0 spiro atoms. The van der Waals surface area contributed by atoms with Crippen molar-refractivity contribution < 1.29 is 13.3 Å². The van der Waals surface area contributed by atoms with E-state index in [9.17, 15) is 8.42 Å². The molecule has 11 heteroatoms. The highest BCUT2D eigenvalue weighted by atomic mass is 32.2. The van der Waals surface area contributed by atoms with Gasteiger partial charge in [-0.1, -0.05) is 16.5 Å². The Morgan fingerprint density at radius 2 is 2.07 bits per heavy atom. The second-order valence-electron chi connectivity index (χ2n) is 6.15. The standard InChI is InChI=1S/C17H17N5O3S3/c1-10-14(26-15(19-10)11-5-4-7-18-9-11)16-20-13-12(21-25-2)6-8-22(17(13)27-16)28(3,23)24/h4-5,7,9H,6,8H2,1-3H3/b21-12+. The summed E-state index contributed by atoms with van der Waals surface area (Å²) in [7, 11) is -1.94. The first-order valence-corrected chi connectivity index (χ1v) is 11.8. The minimum Gasteiger partial charge on any atom is -0.399 e. The van der Waals surface area contributed by atoms with Crippen LogP contribution in [0, 0.1) is 6.92 Å². The summed E-state index contributed by atoms with van der Waals surface area (Å²) in [4.78, 5) is 19.3. The highest BCUT2D eigenvalue weighted by molar-refractivity contribution is 7.92. The Kier molecular flexibility index (Phi) is 4.89. The van der Waals surface area contributed by atoms with Gasteiger partial charge in [-0.15, -0.1) is 11.3 Å². The quantitative estimate of drug-likeness (QED) is 0.584. The maximum atomic E-state index is 12.2. The van der Waals surface area contributed by atoms with Crippen LogP contribution in [-0.2, 0) is 14.9 Å². The predicted octanol–water partition coefficient (Wildman–Crippen LogP) is 3.16. The van der Waals surface area contributed by atoms with Gasteiger partial charge in [0.2, 0.25) is 10.0 Å². The van der Waals surface area contributed by atoms with Gasteiger partial charge in [-0.3, -0.25) is 9.29 Å². The highest BCUT2D eigenvalue weighted by Gasteiger charge is 2.33. The Morgan fingerprint density at radius 1 is 1.25 bits per heavy atom. The summed E-state index contributed by atoms with van der Waals surface area (Å²) < 4.78 is 25.9. The molecule has 0 saturated carbocycles. The molecule has 0 bridgehead atoms. The lowest BCUT2D eigenvalue weighted by atomic mass is 10.1. The van der Waals surface area contributed by atoms with Gasteiger partial charge in [0.05, 0.1) is 16.8 Å². The smallest absolute Gasteiger partial charge is 0.232 e. The molecule has 146 valence electrons. The van der Waals surface area contributed by atoms with Gasteiger partial charge in [0.15, 0.2) is 0 Å². The number of oxime groups is 1. The lowest BCUT2D eigenvalue weighted by Crippen LogP contribution is -2.36. The van der Waals surface area contributed by atoms with E-state index < -0.39 is 10.0 Å². The normalized spacial score (nSPS) is 15.7. The number of hydrogen-bond donors (Lipinski definition) is 0. The zero-order chi connectivity index (χ0) is 19.9. The number of rotatable bonds is 4. The van der Waals surface area contributed by atoms with E-state index in [1.807, 2.05) is 19.1 Å². The highest BCUT2D eigenvalue weighted by Crippen LogP contribution is 2.43. The van der Waals surface area contributed by atoms with Gasteiger partial charge in [0, 0.05) is 30.9 Å². The van der Waals surface area contributed by atoms with Crippen LogP contribution in [0.2, 0.25) is 0 Å². The average Bonchev–Trinajstić information content (AvgIpc) is 3.26. The van der Waals surface area contributed by atoms with Gasteiger partial charge in [-0.05, 0) is 19.1 Å². The van der Waals surface area contributed by atoms with Crippen LogP contribution in [-0.4, -0.2) is 49.0 Å². The molecular formula is C17H17N5O3S3. The van der Waals surface area contributed by atoms with Gasteiger partial charge in [0.25, 0.3) is 0 Å².